The summed E-state index contributed by atoms with van der Waals surface area (Å²) < 4.78 is 13.5. The van der Waals surface area contributed by atoms with Gasteiger partial charge in [0.15, 0.2) is 0 Å². The van der Waals surface area contributed by atoms with E-state index in [-0.39, 0.29) is 23.3 Å². The summed E-state index contributed by atoms with van der Waals surface area (Å²) in [5.74, 6) is -0.511. The number of halogens is 2. The molecule has 1 aromatic rings. The molecule has 0 aromatic heterocycles. The number of nitro benzene ring substituents is 1. The van der Waals surface area contributed by atoms with Crippen LogP contribution in [0.4, 0.5) is 10.1 Å². The quantitative estimate of drug-likeness (QED) is 0.435. The first kappa shape index (κ1) is 16.0. The molecule has 1 rings (SSSR count). The van der Waals surface area contributed by atoms with Gasteiger partial charge in [0, 0.05) is 24.8 Å². The third kappa shape index (κ3) is 5.22. The highest BCUT2D eigenvalue weighted by Crippen LogP contribution is 2.26. The topological polar surface area (TPSA) is 75.4 Å². The van der Waals surface area contributed by atoms with E-state index in [9.17, 15) is 14.5 Å². The second kappa shape index (κ2) is 8.19. The van der Waals surface area contributed by atoms with Crippen LogP contribution in [0.15, 0.2) is 16.6 Å². The molecule has 0 saturated heterocycles. The summed E-state index contributed by atoms with van der Waals surface area (Å²) in [6, 6.07) is 2.35. The smallest absolute Gasteiger partial charge is 0.275 e. The third-order valence-electron chi connectivity index (χ3n) is 2.65. The molecule has 0 atom stereocenters. The summed E-state index contributed by atoms with van der Waals surface area (Å²) >= 11 is 2.94. The molecule has 7 heteroatoms. The second-order valence-corrected chi connectivity index (χ2v) is 4.97. The van der Waals surface area contributed by atoms with Crippen molar-refractivity contribution in [2.75, 3.05) is 13.2 Å². The van der Waals surface area contributed by atoms with Gasteiger partial charge in [-0.25, -0.2) is 4.39 Å². The predicted molar refractivity (Wildman–Crippen MR) is 73.4 cm³/mol. The predicted octanol–water partition coefficient (Wildman–Crippen LogP) is 2.75. The van der Waals surface area contributed by atoms with Crippen molar-refractivity contribution < 1.29 is 14.4 Å². The SMILES string of the molecule is O=[N+]([O-])c1cc(Br)c(F)cc1CNCCCCCO. The molecule has 0 fully saturated rings. The Morgan fingerprint density at radius 3 is 2.74 bits per heavy atom. The largest absolute Gasteiger partial charge is 0.396 e. The van der Waals surface area contributed by atoms with Crippen molar-refractivity contribution >= 4 is 21.6 Å². The molecule has 19 heavy (non-hydrogen) atoms. The summed E-state index contributed by atoms with van der Waals surface area (Å²) in [6.45, 7) is 1.10. The van der Waals surface area contributed by atoms with Crippen LogP contribution in [-0.2, 0) is 6.54 Å². The molecule has 1 aromatic carbocycles. The Hall–Kier alpha value is -1.05. The molecule has 0 heterocycles. The zero-order valence-electron chi connectivity index (χ0n) is 10.4. The Morgan fingerprint density at radius 2 is 2.11 bits per heavy atom. The molecule has 5 nitrogen and oxygen atoms in total. The van der Waals surface area contributed by atoms with Crippen LogP contribution in [0.25, 0.3) is 0 Å². The lowest BCUT2D eigenvalue weighted by atomic mass is 10.1. The number of unbranched alkanes of at least 4 members (excludes halogenated alkanes) is 2. The average molecular weight is 335 g/mol. The summed E-state index contributed by atoms with van der Waals surface area (Å²) in [7, 11) is 0. The van der Waals surface area contributed by atoms with Crippen molar-refractivity contribution in [2.24, 2.45) is 0 Å². The van der Waals surface area contributed by atoms with Crippen LogP contribution >= 0.6 is 15.9 Å². The van der Waals surface area contributed by atoms with E-state index >= 15 is 0 Å². The Kier molecular flexibility index (Phi) is 6.90. The van der Waals surface area contributed by atoms with Crippen molar-refractivity contribution in [3.63, 3.8) is 0 Å². The summed E-state index contributed by atoms with van der Waals surface area (Å²) in [5.41, 5.74) is 0.226. The van der Waals surface area contributed by atoms with E-state index in [4.69, 9.17) is 5.11 Å². The minimum Gasteiger partial charge on any atom is -0.396 e. The highest BCUT2D eigenvalue weighted by atomic mass is 79.9. The fraction of sp³-hybridized carbons (Fsp3) is 0.500. The van der Waals surface area contributed by atoms with E-state index in [0.29, 0.717) is 12.1 Å². The van der Waals surface area contributed by atoms with Gasteiger partial charge >= 0.3 is 0 Å². The number of hydrogen-bond donors (Lipinski definition) is 2. The summed E-state index contributed by atoms with van der Waals surface area (Å²) in [6.07, 6.45) is 2.50. The molecule has 0 bridgehead atoms. The number of aliphatic hydroxyl groups is 1. The number of benzene rings is 1. The molecule has 0 saturated carbocycles. The fourth-order valence-corrected chi connectivity index (χ4v) is 1.98. The van der Waals surface area contributed by atoms with Gasteiger partial charge < -0.3 is 10.4 Å². The Bertz CT molecular complexity index is 443. The monoisotopic (exact) mass is 334 g/mol. The number of hydrogen-bond acceptors (Lipinski definition) is 4. The van der Waals surface area contributed by atoms with Crippen LogP contribution in [0.5, 0.6) is 0 Å². The Labute approximate surface area is 119 Å². The maximum absolute atomic E-state index is 13.4. The van der Waals surface area contributed by atoms with E-state index in [1.807, 2.05) is 0 Å². The molecular weight excluding hydrogens is 319 g/mol. The fourth-order valence-electron chi connectivity index (χ4n) is 1.65. The van der Waals surface area contributed by atoms with Gasteiger partial charge in [0.25, 0.3) is 5.69 Å². The minimum absolute atomic E-state index is 0.0888. The maximum Gasteiger partial charge on any atom is 0.275 e. The van der Waals surface area contributed by atoms with Gasteiger partial charge in [-0.15, -0.1) is 0 Å². The minimum atomic E-state index is -0.521. The van der Waals surface area contributed by atoms with E-state index < -0.39 is 10.7 Å². The number of nitrogens with zero attached hydrogens (tertiary/aromatic N) is 1. The highest BCUT2D eigenvalue weighted by molar-refractivity contribution is 9.10. The van der Waals surface area contributed by atoms with Gasteiger partial charge in [0.1, 0.15) is 5.82 Å². The molecule has 0 aliphatic carbocycles. The zero-order chi connectivity index (χ0) is 14.3. The van der Waals surface area contributed by atoms with E-state index in [1.54, 1.807) is 0 Å². The lowest BCUT2D eigenvalue weighted by molar-refractivity contribution is -0.385. The number of rotatable bonds is 8. The number of nitro groups is 1. The third-order valence-corrected chi connectivity index (χ3v) is 3.25. The van der Waals surface area contributed by atoms with Crippen molar-refractivity contribution in [3.8, 4) is 0 Å². The molecule has 106 valence electrons. The Morgan fingerprint density at radius 1 is 1.37 bits per heavy atom. The van der Waals surface area contributed by atoms with Crippen LogP contribution in [0, 0.1) is 15.9 Å². The van der Waals surface area contributed by atoms with Crippen molar-refractivity contribution in [1.29, 1.82) is 0 Å². The van der Waals surface area contributed by atoms with Crippen molar-refractivity contribution in [2.45, 2.75) is 25.8 Å². The van der Waals surface area contributed by atoms with Crippen LogP contribution in [0.2, 0.25) is 0 Å². The van der Waals surface area contributed by atoms with Crippen LogP contribution in [-0.4, -0.2) is 23.2 Å². The number of nitrogens with one attached hydrogen (secondary N) is 1. The van der Waals surface area contributed by atoms with Gasteiger partial charge in [-0.2, -0.15) is 0 Å². The van der Waals surface area contributed by atoms with Gasteiger partial charge in [0.05, 0.1) is 9.40 Å². The zero-order valence-corrected chi connectivity index (χ0v) is 12.0. The molecule has 0 unspecified atom stereocenters. The van der Waals surface area contributed by atoms with Gasteiger partial charge in [-0.1, -0.05) is 0 Å². The normalized spacial score (nSPS) is 10.7. The van der Waals surface area contributed by atoms with Crippen LogP contribution in [0.3, 0.4) is 0 Å². The standard InChI is InChI=1S/C12H16BrFN2O3/c13-10-7-12(16(18)19)9(6-11(10)14)8-15-4-2-1-3-5-17/h6-7,15,17H,1-5,8H2. The average Bonchev–Trinajstić information content (AvgIpc) is 2.37. The van der Waals surface area contributed by atoms with Crippen LogP contribution < -0.4 is 5.32 Å². The van der Waals surface area contributed by atoms with Crippen molar-refractivity contribution in [3.05, 3.63) is 38.1 Å². The molecule has 0 amide bonds. The van der Waals surface area contributed by atoms with E-state index in [1.165, 1.54) is 12.1 Å². The molecule has 2 N–H and O–H groups in total. The summed E-state index contributed by atoms with van der Waals surface area (Å²) in [5, 5.41) is 22.5. The number of aliphatic hydroxyl groups excluding tert-OH is 1. The molecule has 0 spiro atoms. The lowest BCUT2D eigenvalue weighted by Crippen LogP contribution is -2.16. The van der Waals surface area contributed by atoms with Gasteiger partial charge in [0.2, 0.25) is 0 Å². The highest BCUT2D eigenvalue weighted by Gasteiger charge is 2.16. The Balaban J connectivity index is 2.57. The van der Waals surface area contributed by atoms with Crippen LogP contribution in [0.1, 0.15) is 24.8 Å². The van der Waals surface area contributed by atoms with Crippen molar-refractivity contribution in [1.82, 2.24) is 5.32 Å². The van der Waals surface area contributed by atoms with Gasteiger partial charge in [-0.05, 0) is 47.8 Å². The van der Waals surface area contributed by atoms with E-state index in [0.717, 1.165) is 19.3 Å². The maximum atomic E-state index is 13.4. The molecule has 0 aliphatic heterocycles. The molecular formula is C12H16BrFN2O3. The lowest BCUT2D eigenvalue weighted by Gasteiger charge is -2.06. The van der Waals surface area contributed by atoms with Gasteiger partial charge in [-0.3, -0.25) is 10.1 Å². The molecule has 0 aliphatic rings. The first-order chi connectivity index (χ1) is 9.06. The van der Waals surface area contributed by atoms with E-state index in [2.05, 4.69) is 21.2 Å². The first-order valence-electron chi connectivity index (χ1n) is 6.00. The second-order valence-electron chi connectivity index (χ2n) is 4.11. The summed E-state index contributed by atoms with van der Waals surface area (Å²) in [4.78, 5) is 10.3. The molecule has 0 radical (unpaired) electrons. The first-order valence-corrected chi connectivity index (χ1v) is 6.79.